The summed E-state index contributed by atoms with van der Waals surface area (Å²) < 4.78 is 11.8. The number of hydrogen-bond acceptors (Lipinski definition) is 6. The van der Waals surface area contributed by atoms with E-state index in [1.807, 2.05) is 29.2 Å². The van der Waals surface area contributed by atoms with Gasteiger partial charge in [-0.25, -0.2) is 4.98 Å². The second kappa shape index (κ2) is 10.4. The van der Waals surface area contributed by atoms with Gasteiger partial charge in [0.1, 0.15) is 5.75 Å². The van der Waals surface area contributed by atoms with Crippen LogP contribution in [0, 0.1) is 13.8 Å². The second-order valence-electron chi connectivity index (χ2n) is 8.30. The molecule has 1 aromatic heterocycles. The van der Waals surface area contributed by atoms with Gasteiger partial charge in [0.05, 0.1) is 37.0 Å². The quantitative estimate of drug-likeness (QED) is 0.511. The number of benzene rings is 2. The Morgan fingerprint density at radius 2 is 1.94 bits per heavy atom. The molecule has 6 nitrogen and oxygen atoms in total. The van der Waals surface area contributed by atoms with Crippen LogP contribution >= 0.6 is 11.3 Å². The minimum atomic E-state index is 0.0746. The number of anilines is 1. The zero-order valence-electron chi connectivity index (χ0n) is 19.1. The van der Waals surface area contributed by atoms with Crippen LogP contribution in [0.4, 0.5) is 5.13 Å². The number of carbonyl (C=O) groups is 1. The fraction of sp³-hybridized carbons (Fsp3) is 0.440. The molecule has 1 aliphatic heterocycles. The zero-order valence-corrected chi connectivity index (χ0v) is 19.9. The first-order valence-electron chi connectivity index (χ1n) is 11.1. The van der Waals surface area contributed by atoms with Crippen molar-refractivity contribution >= 4 is 32.6 Å². The third-order valence-corrected chi connectivity index (χ3v) is 7.04. The molecule has 0 radical (unpaired) electrons. The summed E-state index contributed by atoms with van der Waals surface area (Å²) in [6.07, 6.45) is 1.25. The van der Waals surface area contributed by atoms with E-state index in [0.29, 0.717) is 13.0 Å². The number of carbonyl (C=O) groups excluding carboxylic acids is 1. The van der Waals surface area contributed by atoms with E-state index in [1.165, 1.54) is 11.1 Å². The first kappa shape index (κ1) is 22.7. The highest BCUT2D eigenvalue weighted by molar-refractivity contribution is 7.22. The summed E-state index contributed by atoms with van der Waals surface area (Å²) in [6.45, 7) is 9.30. The maximum absolute atomic E-state index is 13.4. The molecule has 0 unspecified atom stereocenters. The van der Waals surface area contributed by atoms with Crippen molar-refractivity contribution in [2.24, 2.45) is 0 Å². The smallest absolute Gasteiger partial charge is 0.233 e. The lowest BCUT2D eigenvalue weighted by Crippen LogP contribution is -2.39. The normalized spacial score (nSPS) is 14.6. The number of ether oxygens (including phenoxy) is 2. The molecule has 3 aromatic rings. The Kier molecular flexibility index (Phi) is 7.40. The second-order valence-corrected chi connectivity index (χ2v) is 9.28. The number of thiazole rings is 1. The van der Waals surface area contributed by atoms with Gasteiger partial charge in [0.15, 0.2) is 5.13 Å². The number of morpholine rings is 1. The van der Waals surface area contributed by atoms with Gasteiger partial charge in [0.25, 0.3) is 0 Å². The molecule has 170 valence electrons. The van der Waals surface area contributed by atoms with Gasteiger partial charge < -0.3 is 9.47 Å². The number of rotatable bonds is 8. The molecule has 1 aliphatic rings. The van der Waals surface area contributed by atoms with Crippen molar-refractivity contribution in [3.8, 4) is 5.75 Å². The average Bonchev–Trinajstić information content (AvgIpc) is 3.22. The van der Waals surface area contributed by atoms with E-state index in [9.17, 15) is 4.79 Å². The monoisotopic (exact) mass is 453 g/mol. The third kappa shape index (κ3) is 5.46. The Morgan fingerprint density at radius 1 is 1.19 bits per heavy atom. The minimum Gasteiger partial charge on any atom is -0.497 e. The van der Waals surface area contributed by atoms with E-state index >= 15 is 0 Å². The van der Waals surface area contributed by atoms with Crippen molar-refractivity contribution in [1.29, 1.82) is 0 Å². The highest BCUT2D eigenvalue weighted by Crippen LogP contribution is 2.32. The van der Waals surface area contributed by atoms with Crippen molar-refractivity contribution in [2.75, 3.05) is 51.4 Å². The summed E-state index contributed by atoms with van der Waals surface area (Å²) in [6, 6.07) is 12.0. The van der Waals surface area contributed by atoms with E-state index in [-0.39, 0.29) is 5.91 Å². The van der Waals surface area contributed by atoms with E-state index < -0.39 is 0 Å². The number of fused-ring (bicyclic) bond motifs is 1. The predicted octanol–water partition coefficient (Wildman–Crippen LogP) is 4.22. The number of nitrogens with zero attached hydrogens (tertiary/aromatic N) is 3. The molecule has 0 bridgehead atoms. The lowest BCUT2D eigenvalue weighted by atomic mass is 10.1. The van der Waals surface area contributed by atoms with Crippen molar-refractivity contribution in [1.82, 2.24) is 9.88 Å². The van der Waals surface area contributed by atoms with Crippen molar-refractivity contribution < 1.29 is 14.3 Å². The third-order valence-electron chi connectivity index (χ3n) is 5.81. The van der Waals surface area contributed by atoms with Crippen molar-refractivity contribution in [3.63, 3.8) is 0 Å². The minimum absolute atomic E-state index is 0.0746. The molecule has 0 spiro atoms. The number of aromatic nitrogens is 1. The van der Waals surface area contributed by atoms with E-state index in [2.05, 4.69) is 30.9 Å². The van der Waals surface area contributed by atoms with Crippen LogP contribution in [0.25, 0.3) is 10.2 Å². The van der Waals surface area contributed by atoms with Crippen molar-refractivity contribution in [2.45, 2.75) is 26.7 Å². The summed E-state index contributed by atoms with van der Waals surface area (Å²) in [4.78, 5) is 22.5. The predicted molar refractivity (Wildman–Crippen MR) is 130 cm³/mol. The van der Waals surface area contributed by atoms with Crippen LogP contribution < -0.4 is 9.64 Å². The first-order chi connectivity index (χ1) is 15.5. The van der Waals surface area contributed by atoms with Gasteiger partial charge in [-0.2, -0.15) is 0 Å². The Balaban J connectivity index is 1.53. The molecule has 1 fully saturated rings. The molecular weight excluding hydrogens is 422 g/mol. The Morgan fingerprint density at radius 3 is 2.66 bits per heavy atom. The number of amides is 1. The van der Waals surface area contributed by atoms with Crippen molar-refractivity contribution in [3.05, 3.63) is 53.1 Å². The Labute approximate surface area is 193 Å². The summed E-state index contributed by atoms with van der Waals surface area (Å²) in [7, 11) is 1.65. The lowest BCUT2D eigenvalue weighted by Gasteiger charge is -2.27. The molecule has 7 heteroatoms. The lowest BCUT2D eigenvalue weighted by molar-refractivity contribution is -0.118. The number of methoxy groups -OCH3 is 1. The highest BCUT2D eigenvalue weighted by Gasteiger charge is 2.21. The van der Waals surface area contributed by atoms with E-state index in [0.717, 1.165) is 65.9 Å². The van der Waals surface area contributed by atoms with Gasteiger partial charge in [-0.15, -0.1) is 0 Å². The molecule has 4 rings (SSSR count). The van der Waals surface area contributed by atoms with Gasteiger partial charge in [-0.05, 0) is 55.2 Å². The first-order valence-corrected chi connectivity index (χ1v) is 12.0. The summed E-state index contributed by atoms with van der Waals surface area (Å²) in [5.41, 5.74) is 4.34. The van der Waals surface area contributed by atoms with Crippen LogP contribution in [0.15, 0.2) is 36.4 Å². The molecule has 2 heterocycles. The van der Waals surface area contributed by atoms with Crippen LogP contribution in [-0.4, -0.2) is 62.3 Å². The maximum Gasteiger partial charge on any atom is 0.233 e. The van der Waals surface area contributed by atoms with Gasteiger partial charge in [-0.1, -0.05) is 29.5 Å². The number of aryl methyl sites for hydroxylation is 2. The van der Waals surface area contributed by atoms with E-state index in [4.69, 9.17) is 14.5 Å². The molecule has 0 N–H and O–H groups in total. The maximum atomic E-state index is 13.4. The fourth-order valence-corrected chi connectivity index (χ4v) is 5.16. The molecular formula is C25H31N3O3S. The topological polar surface area (TPSA) is 54.9 Å². The Bertz CT molecular complexity index is 1060. The molecule has 2 aromatic carbocycles. The number of hydrogen-bond donors (Lipinski definition) is 0. The summed E-state index contributed by atoms with van der Waals surface area (Å²) in [5.74, 6) is 0.867. The van der Waals surface area contributed by atoms with Gasteiger partial charge in [0, 0.05) is 26.2 Å². The van der Waals surface area contributed by atoms with Crippen LogP contribution in [0.1, 0.15) is 23.1 Å². The highest BCUT2D eigenvalue weighted by atomic mass is 32.1. The largest absolute Gasteiger partial charge is 0.497 e. The summed E-state index contributed by atoms with van der Waals surface area (Å²) >= 11 is 1.61. The molecule has 0 atom stereocenters. The molecule has 0 saturated carbocycles. The van der Waals surface area contributed by atoms with Crippen LogP contribution in [0.2, 0.25) is 0 Å². The van der Waals surface area contributed by atoms with Gasteiger partial charge >= 0.3 is 0 Å². The standard InChI is InChI=1S/C25H31N3O3S/c1-18-15-19(2)24-22(16-18)26-25(32-24)28(10-4-9-27-11-13-31-14-12-27)23(29)17-20-5-7-21(30-3)8-6-20/h5-8,15-16H,4,9-14,17H2,1-3H3. The van der Waals surface area contributed by atoms with E-state index in [1.54, 1.807) is 18.4 Å². The molecule has 32 heavy (non-hydrogen) atoms. The van der Waals surface area contributed by atoms with Crippen LogP contribution in [0.3, 0.4) is 0 Å². The zero-order chi connectivity index (χ0) is 22.5. The van der Waals surface area contributed by atoms with Gasteiger partial charge in [0.2, 0.25) is 5.91 Å². The molecule has 0 aliphatic carbocycles. The Hall–Kier alpha value is -2.48. The summed E-state index contributed by atoms with van der Waals surface area (Å²) in [5, 5.41) is 0.786. The fourth-order valence-electron chi connectivity index (χ4n) is 4.10. The van der Waals surface area contributed by atoms with Gasteiger partial charge in [-0.3, -0.25) is 14.6 Å². The van der Waals surface area contributed by atoms with Crippen LogP contribution in [0.5, 0.6) is 5.75 Å². The molecule has 1 saturated heterocycles. The average molecular weight is 454 g/mol. The van der Waals surface area contributed by atoms with Crippen LogP contribution in [-0.2, 0) is 16.0 Å². The SMILES string of the molecule is COc1ccc(CC(=O)N(CCCN2CCOCC2)c2nc3cc(C)cc(C)c3s2)cc1. The molecule has 1 amide bonds.